The summed E-state index contributed by atoms with van der Waals surface area (Å²) < 4.78 is 1.01. The van der Waals surface area contributed by atoms with Crippen molar-refractivity contribution in [2.75, 3.05) is 0 Å². The van der Waals surface area contributed by atoms with Crippen molar-refractivity contribution in [3.05, 3.63) is 34.3 Å². The van der Waals surface area contributed by atoms with Crippen molar-refractivity contribution in [1.29, 1.82) is 0 Å². The number of halogens is 1. The maximum Gasteiger partial charge on any atom is 0.141 e. The molecule has 1 aliphatic heterocycles. The van der Waals surface area contributed by atoms with Gasteiger partial charge >= 0.3 is 0 Å². The van der Waals surface area contributed by atoms with Crippen molar-refractivity contribution >= 4 is 21.6 Å². The van der Waals surface area contributed by atoms with E-state index in [9.17, 15) is 5.11 Å². The molecule has 3 rings (SSSR count). The first-order valence-corrected chi connectivity index (χ1v) is 7.10. The number of aliphatic hydroxyl groups is 1. The smallest absolute Gasteiger partial charge is 0.141 e. The van der Waals surface area contributed by atoms with E-state index in [0.29, 0.717) is 0 Å². The van der Waals surface area contributed by atoms with Gasteiger partial charge < -0.3 is 9.94 Å². The number of nitrogens with zero attached hydrogens (tertiary/aromatic N) is 1. The van der Waals surface area contributed by atoms with Crippen LogP contribution in [0.4, 0.5) is 0 Å². The first-order chi connectivity index (χ1) is 8.62. The van der Waals surface area contributed by atoms with Gasteiger partial charge in [0.05, 0.1) is 17.2 Å². The van der Waals surface area contributed by atoms with E-state index in [1.807, 2.05) is 24.3 Å². The average molecular weight is 310 g/mol. The number of hydrogen-bond donors (Lipinski definition) is 1. The Hall–Kier alpha value is -0.870. The molecule has 3 nitrogen and oxygen atoms in total. The van der Waals surface area contributed by atoms with E-state index < -0.39 is 0 Å². The largest absolute Gasteiger partial charge is 0.392 e. The summed E-state index contributed by atoms with van der Waals surface area (Å²) in [7, 11) is 0. The Morgan fingerprint density at radius 1 is 1.44 bits per heavy atom. The molecule has 1 aliphatic carbocycles. The zero-order chi connectivity index (χ0) is 12.8. The molecule has 3 atom stereocenters. The van der Waals surface area contributed by atoms with E-state index in [-0.39, 0.29) is 17.6 Å². The van der Waals surface area contributed by atoms with Gasteiger partial charge in [0.1, 0.15) is 6.10 Å². The van der Waals surface area contributed by atoms with Gasteiger partial charge in [-0.05, 0) is 38.3 Å². The van der Waals surface area contributed by atoms with Gasteiger partial charge in [-0.2, -0.15) is 0 Å². The van der Waals surface area contributed by atoms with Crippen LogP contribution in [-0.2, 0) is 4.84 Å². The standard InChI is InChI=1S/C14H16BrNO2/c1-14-11(17)6-3-7-12(14)18-16-13(14)9-4-2-5-10(15)8-9/h2,4-5,8,11-12,17H,3,6-7H2,1H3/t11-,12+,14-/m0/s1. The van der Waals surface area contributed by atoms with E-state index in [4.69, 9.17) is 4.84 Å². The summed E-state index contributed by atoms with van der Waals surface area (Å²) in [6, 6.07) is 8.00. The lowest BCUT2D eigenvalue weighted by molar-refractivity contribution is -0.0605. The minimum absolute atomic E-state index is 0.00947. The molecule has 2 aliphatic rings. The summed E-state index contributed by atoms with van der Waals surface area (Å²) in [5.41, 5.74) is 1.52. The molecule has 4 heteroatoms. The van der Waals surface area contributed by atoms with Gasteiger partial charge in [0, 0.05) is 10.0 Å². The van der Waals surface area contributed by atoms with E-state index in [1.165, 1.54) is 0 Å². The first-order valence-electron chi connectivity index (χ1n) is 6.30. The molecule has 1 fully saturated rings. The van der Waals surface area contributed by atoms with Gasteiger partial charge in [-0.1, -0.05) is 33.2 Å². The Bertz CT molecular complexity index is 502. The molecule has 0 bridgehead atoms. The molecule has 1 heterocycles. The maximum absolute atomic E-state index is 10.4. The minimum Gasteiger partial charge on any atom is -0.392 e. The lowest BCUT2D eigenvalue weighted by Gasteiger charge is -2.38. The SMILES string of the molecule is C[C@@]12C(c3cccc(Br)c3)=NO[C@@H]1CCC[C@@H]2O. The van der Waals surface area contributed by atoms with Gasteiger partial charge in [-0.25, -0.2) is 0 Å². The topological polar surface area (TPSA) is 41.8 Å². The molecule has 96 valence electrons. The summed E-state index contributed by atoms with van der Waals surface area (Å²) in [6.45, 7) is 2.06. The summed E-state index contributed by atoms with van der Waals surface area (Å²) in [4.78, 5) is 5.55. The van der Waals surface area contributed by atoms with Gasteiger partial charge in [0.2, 0.25) is 0 Å². The van der Waals surface area contributed by atoms with E-state index >= 15 is 0 Å². The molecule has 1 saturated carbocycles. The number of hydrogen-bond acceptors (Lipinski definition) is 3. The second-order valence-electron chi connectivity index (χ2n) is 5.27. The van der Waals surface area contributed by atoms with E-state index in [1.54, 1.807) is 0 Å². The van der Waals surface area contributed by atoms with E-state index in [2.05, 4.69) is 28.0 Å². The summed E-state index contributed by atoms with van der Waals surface area (Å²) >= 11 is 3.47. The van der Waals surface area contributed by atoms with Gasteiger partial charge in [-0.15, -0.1) is 0 Å². The third-order valence-electron chi connectivity index (χ3n) is 4.18. The predicted octanol–water partition coefficient (Wildman–Crippen LogP) is 3.10. The Morgan fingerprint density at radius 2 is 2.28 bits per heavy atom. The molecule has 18 heavy (non-hydrogen) atoms. The Labute approximate surface area is 115 Å². The van der Waals surface area contributed by atoms with Crippen LogP contribution in [0.25, 0.3) is 0 Å². The maximum atomic E-state index is 10.4. The van der Waals surface area contributed by atoms with Crippen LogP contribution in [-0.4, -0.2) is 23.0 Å². The number of fused-ring (bicyclic) bond motifs is 1. The Balaban J connectivity index is 2.02. The fourth-order valence-corrected chi connectivity index (χ4v) is 3.40. The molecule has 0 aromatic heterocycles. The van der Waals surface area contributed by atoms with Crippen molar-refractivity contribution < 1.29 is 9.94 Å². The highest BCUT2D eigenvalue weighted by Crippen LogP contribution is 2.45. The van der Waals surface area contributed by atoms with Crippen LogP contribution in [0, 0.1) is 5.41 Å². The predicted molar refractivity (Wildman–Crippen MR) is 73.5 cm³/mol. The molecule has 1 aromatic rings. The third kappa shape index (κ3) is 1.70. The average Bonchev–Trinajstić information content (AvgIpc) is 2.69. The summed E-state index contributed by atoms with van der Waals surface area (Å²) in [5, 5.41) is 14.6. The molecule has 0 saturated heterocycles. The first kappa shape index (κ1) is 12.2. The van der Waals surface area contributed by atoms with Crippen molar-refractivity contribution in [2.24, 2.45) is 10.6 Å². The summed E-state index contributed by atoms with van der Waals surface area (Å²) in [6.07, 6.45) is 2.42. The highest BCUT2D eigenvalue weighted by molar-refractivity contribution is 9.10. The highest BCUT2D eigenvalue weighted by Gasteiger charge is 2.53. The van der Waals surface area contributed by atoms with Crippen molar-refractivity contribution in [2.45, 2.75) is 38.4 Å². The number of aliphatic hydroxyl groups excluding tert-OH is 1. The number of oxime groups is 1. The molecule has 0 unspecified atom stereocenters. The van der Waals surface area contributed by atoms with Crippen LogP contribution in [0.1, 0.15) is 31.7 Å². The van der Waals surface area contributed by atoms with Crippen LogP contribution in [0.2, 0.25) is 0 Å². The van der Waals surface area contributed by atoms with E-state index in [0.717, 1.165) is 35.0 Å². The lowest BCUT2D eigenvalue weighted by atomic mass is 9.67. The second kappa shape index (κ2) is 4.35. The Morgan fingerprint density at radius 3 is 3.06 bits per heavy atom. The van der Waals surface area contributed by atoms with Crippen LogP contribution in [0.15, 0.2) is 33.9 Å². The molecule has 0 radical (unpaired) electrons. The lowest BCUT2D eigenvalue weighted by Crippen LogP contribution is -2.49. The highest BCUT2D eigenvalue weighted by atomic mass is 79.9. The number of benzene rings is 1. The normalized spacial score (nSPS) is 34.7. The van der Waals surface area contributed by atoms with Crippen LogP contribution in [0.3, 0.4) is 0 Å². The van der Waals surface area contributed by atoms with Crippen LogP contribution in [0.5, 0.6) is 0 Å². The monoisotopic (exact) mass is 309 g/mol. The van der Waals surface area contributed by atoms with Crippen LogP contribution < -0.4 is 0 Å². The van der Waals surface area contributed by atoms with Crippen molar-refractivity contribution in [1.82, 2.24) is 0 Å². The van der Waals surface area contributed by atoms with Crippen molar-refractivity contribution in [3.8, 4) is 0 Å². The summed E-state index contributed by atoms with van der Waals surface area (Å²) in [5.74, 6) is 0. The fourth-order valence-electron chi connectivity index (χ4n) is 3.00. The molecular weight excluding hydrogens is 294 g/mol. The van der Waals surface area contributed by atoms with Crippen LogP contribution >= 0.6 is 15.9 Å². The quantitative estimate of drug-likeness (QED) is 0.866. The molecule has 0 spiro atoms. The molecule has 1 N–H and O–H groups in total. The molecule has 1 aromatic carbocycles. The Kier molecular flexibility index (Phi) is 2.94. The zero-order valence-electron chi connectivity index (χ0n) is 10.3. The second-order valence-corrected chi connectivity index (χ2v) is 6.19. The zero-order valence-corrected chi connectivity index (χ0v) is 11.9. The molecule has 0 amide bonds. The van der Waals surface area contributed by atoms with Gasteiger partial charge in [-0.3, -0.25) is 0 Å². The number of rotatable bonds is 1. The molecular formula is C14H16BrNO2. The minimum atomic E-state index is -0.378. The third-order valence-corrected chi connectivity index (χ3v) is 4.68. The fraction of sp³-hybridized carbons (Fsp3) is 0.500. The van der Waals surface area contributed by atoms with Gasteiger partial charge in [0.25, 0.3) is 0 Å². The van der Waals surface area contributed by atoms with Gasteiger partial charge in [0.15, 0.2) is 0 Å². The van der Waals surface area contributed by atoms with Crippen molar-refractivity contribution in [3.63, 3.8) is 0 Å².